The lowest BCUT2D eigenvalue weighted by molar-refractivity contribution is -0.181. The minimum atomic E-state index is -1.88. The first-order valence-corrected chi connectivity index (χ1v) is 11.1. The van der Waals surface area contributed by atoms with Crippen LogP contribution in [-0.4, -0.2) is 63.4 Å². The summed E-state index contributed by atoms with van der Waals surface area (Å²) >= 11 is 0. The van der Waals surface area contributed by atoms with Crippen LogP contribution in [0.1, 0.15) is 22.7 Å². The second-order valence-electron chi connectivity index (χ2n) is 8.75. The van der Waals surface area contributed by atoms with Crippen molar-refractivity contribution in [3.63, 3.8) is 0 Å². The molecule has 1 aliphatic heterocycles. The van der Waals surface area contributed by atoms with Gasteiger partial charge in [-0.15, -0.1) is 0 Å². The lowest BCUT2D eigenvalue weighted by Crippen LogP contribution is -2.67. The maximum absolute atomic E-state index is 12.4. The molecule has 9 nitrogen and oxygen atoms in total. The molecule has 1 fully saturated rings. The number of hydrogen-bond donors (Lipinski definition) is 3. The van der Waals surface area contributed by atoms with E-state index in [1.807, 2.05) is 36.4 Å². The third kappa shape index (κ3) is 4.33. The number of fused-ring (bicyclic) bond motifs is 3. The van der Waals surface area contributed by atoms with Crippen LogP contribution in [0.25, 0.3) is 11.1 Å². The molecule has 3 aromatic rings. The van der Waals surface area contributed by atoms with Crippen molar-refractivity contribution in [2.75, 3.05) is 25.0 Å². The number of aromatic nitrogens is 1. The molecule has 0 atom stereocenters. The number of aliphatic carboxylic acids is 1. The fourth-order valence-corrected chi connectivity index (χ4v) is 4.52. The van der Waals surface area contributed by atoms with Gasteiger partial charge >= 0.3 is 12.1 Å². The summed E-state index contributed by atoms with van der Waals surface area (Å²) < 4.78 is 5.52. The van der Waals surface area contributed by atoms with Gasteiger partial charge in [0, 0.05) is 11.6 Å². The summed E-state index contributed by atoms with van der Waals surface area (Å²) in [5, 5.41) is 21.3. The van der Waals surface area contributed by atoms with Crippen molar-refractivity contribution in [1.82, 2.24) is 9.88 Å². The van der Waals surface area contributed by atoms with Crippen molar-refractivity contribution < 1.29 is 29.3 Å². The zero-order valence-electron chi connectivity index (χ0n) is 18.7. The summed E-state index contributed by atoms with van der Waals surface area (Å²) in [5.41, 5.74) is 3.55. The predicted molar refractivity (Wildman–Crippen MR) is 126 cm³/mol. The second kappa shape index (κ2) is 8.84. The summed E-state index contributed by atoms with van der Waals surface area (Å²) in [6, 6.07) is 19.4. The Morgan fingerprint density at radius 1 is 1.00 bits per heavy atom. The molecule has 0 unspecified atom stereocenters. The van der Waals surface area contributed by atoms with E-state index >= 15 is 0 Å². The lowest BCUT2D eigenvalue weighted by Gasteiger charge is -2.43. The monoisotopic (exact) mass is 473 g/mol. The van der Waals surface area contributed by atoms with Crippen LogP contribution < -0.4 is 5.32 Å². The van der Waals surface area contributed by atoms with E-state index in [9.17, 15) is 19.5 Å². The van der Waals surface area contributed by atoms with Gasteiger partial charge in [0.1, 0.15) is 6.61 Å². The van der Waals surface area contributed by atoms with E-state index in [0.717, 1.165) is 22.3 Å². The van der Waals surface area contributed by atoms with Gasteiger partial charge in [0.15, 0.2) is 5.60 Å². The molecule has 5 rings (SSSR count). The van der Waals surface area contributed by atoms with Gasteiger partial charge in [-0.2, -0.15) is 0 Å². The van der Waals surface area contributed by atoms with Gasteiger partial charge in [-0.25, -0.2) is 9.59 Å². The quantitative estimate of drug-likeness (QED) is 0.502. The average Bonchev–Trinajstić information content (AvgIpc) is 3.15. The Balaban J connectivity index is 1.14. The number of nitrogens with zero attached hydrogens (tertiary/aromatic N) is 2. The highest BCUT2D eigenvalue weighted by Crippen LogP contribution is 2.44. The zero-order valence-corrected chi connectivity index (χ0v) is 18.7. The number of likely N-dealkylation sites (tertiary alicyclic amines) is 1. The molecule has 2 aliphatic rings. The van der Waals surface area contributed by atoms with E-state index in [1.165, 1.54) is 11.1 Å². The van der Waals surface area contributed by atoms with Crippen LogP contribution in [0.4, 0.5) is 10.5 Å². The summed E-state index contributed by atoms with van der Waals surface area (Å²) in [5.74, 6) is -1.72. The smallest absolute Gasteiger partial charge is 0.411 e. The van der Waals surface area contributed by atoms with E-state index in [2.05, 4.69) is 22.4 Å². The van der Waals surface area contributed by atoms with Gasteiger partial charge in [-0.1, -0.05) is 48.5 Å². The number of benzene rings is 2. The zero-order chi connectivity index (χ0) is 24.6. The number of hydrogen-bond acceptors (Lipinski definition) is 6. The SMILES string of the molecule is O=C(Nc1ccc(CC(=O)N2CC(O)(C(=O)O)C2)nc1)OCC1c2ccccc2-c2ccccc21. The van der Waals surface area contributed by atoms with Crippen molar-refractivity contribution in [1.29, 1.82) is 0 Å². The molecule has 178 valence electrons. The first-order valence-electron chi connectivity index (χ1n) is 11.1. The van der Waals surface area contributed by atoms with Crippen LogP contribution in [0.3, 0.4) is 0 Å². The van der Waals surface area contributed by atoms with Crippen LogP contribution in [0.2, 0.25) is 0 Å². The summed E-state index contributed by atoms with van der Waals surface area (Å²) in [4.78, 5) is 41.0. The van der Waals surface area contributed by atoms with Gasteiger partial charge in [-0.3, -0.25) is 15.1 Å². The highest BCUT2D eigenvalue weighted by Gasteiger charge is 2.49. The van der Waals surface area contributed by atoms with Crippen LogP contribution in [0.5, 0.6) is 0 Å². The predicted octanol–water partition coefficient (Wildman–Crippen LogP) is 2.64. The van der Waals surface area contributed by atoms with Crippen LogP contribution >= 0.6 is 0 Å². The van der Waals surface area contributed by atoms with Gasteiger partial charge < -0.3 is 19.8 Å². The Bertz CT molecular complexity index is 1250. The number of carbonyl (C=O) groups is 3. The number of carboxylic acids is 1. The van der Waals surface area contributed by atoms with Gasteiger partial charge in [0.2, 0.25) is 5.91 Å². The number of carbonyl (C=O) groups excluding carboxylic acids is 2. The number of ether oxygens (including phenoxy) is 1. The Morgan fingerprint density at radius 3 is 2.20 bits per heavy atom. The molecule has 1 aliphatic carbocycles. The molecule has 0 spiro atoms. The Morgan fingerprint density at radius 2 is 1.63 bits per heavy atom. The van der Waals surface area contributed by atoms with Crippen LogP contribution in [0.15, 0.2) is 66.9 Å². The first kappa shape index (κ1) is 22.5. The fourth-order valence-electron chi connectivity index (χ4n) is 4.52. The maximum atomic E-state index is 12.4. The first-order chi connectivity index (χ1) is 16.8. The summed E-state index contributed by atoms with van der Waals surface area (Å²) in [7, 11) is 0. The molecule has 9 heteroatoms. The van der Waals surface area contributed by atoms with E-state index in [1.54, 1.807) is 12.1 Å². The fraction of sp³-hybridized carbons (Fsp3) is 0.231. The molecule has 2 aromatic carbocycles. The number of amides is 2. The van der Waals surface area contributed by atoms with Crippen LogP contribution in [0, 0.1) is 0 Å². The number of carboxylic acid groups (broad SMARTS) is 1. The van der Waals surface area contributed by atoms with Gasteiger partial charge in [0.25, 0.3) is 0 Å². The van der Waals surface area contributed by atoms with Gasteiger partial charge in [0.05, 0.1) is 31.4 Å². The van der Waals surface area contributed by atoms with Gasteiger partial charge in [-0.05, 0) is 34.4 Å². The van der Waals surface area contributed by atoms with Crippen molar-refractivity contribution >= 4 is 23.7 Å². The molecule has 3 N–H and O–H groups in total. The van der Waals surface area contributed by atoms with E-state index in [-0.39, 0.29) is 37.9 Å². The highest BCUT2D eigenvalue weighted by molar-refractivity contribution is 5.87. The summed E-state index contributed by atoms with van der Waals surface area (Å²) in [6.45, 7) is -0.302. The standard InChI is InChI=1S/C26H23N3O6/c30-23(29-14-26(34,15-29)24(31)32)11-16-9-10-17(12-27-16)28-25(33)35-13-22-20-7-3-1-5-18(20)19-6-2-4-8-21(19)22/h1-10,12,22,34H,11,13-15H2,(H,28,33)(H,31,32). The Hall–Kier alpha value is -4.24. The minimum Gasteiger partial charge on any atom is -0.479 e. The van der Waals surface area contributed by atoms with E-state index in [4.69, 9.17) is 9.84 Å². The second-order valence-corrected chi connectivity index (χ2v) is 8.75. The Kier molecular flexibility index (Phi) is 5.70. The number of nitrogens with one attached hydrogen (secondary N) is 1. The molecule has 1 aromatic heterocycles. The number of aliphatic hydroxyl groups is 1. The summed E-state index contributed by atoms with van der Waals surface area (Å²) in [6.07, 6.45) is 0.778. The molecule has 35 heavy (non-hydrogen) atoms. The van der Waals surface area contributed by atoms with E-state index in [0.29, 0.717) is 11.4 Å². The lowest BCUT2D eigenvalue weighted by atomic mass is 9.94. The van der Waals surface area contributed by atoms with Crippen LogP contribution in [-0.2, 0) is 20.7 Å². The highest BCUT2D eigenvalue weighted by atomic mass is 16.5. The number of rotatable bonds is 6. The maximum Gasteiger partial charge on any atom is 0.411 e. The normalized spacial score (nSPS) is 15.5. The van der Waals surface area contributed by atoms with Crippen molar-refractivity contribution in [3.8, 4) is 11.1 Å². The largest absolute Gasteiger partial charge is 0.479 e. The molecule has 0 bridgehead atoms. The molecule has 1 saturated heterocycles. The third-order valence-corrected chi connectivity index (χ3v) is 6.40. The minimum absolute atomic E-state index is 0.0408. The topological polar surface area (TPSA) is 129 Å². The van der Waals surface area contributed by atoms with Crippen molar-refractivity contribution in [2.24, 2.45) is 0 Å². The molecular formula is C26H23N3O6. The molecule has 2 heterocycles. The molecule has 2 amide bonds. The Labute approximate surface area is 201 Å². The van der Waals surface area contributed by atoms with E-state index < -0.39 is 17.7 Å². The molecule has 0 saturated carbocycles. The molecular weight excluding hydrogens is 450 g/mol. The van der Waals surface area contributed by atoms with Crippen molar-refractivity contribution in [3.05, 3.63) is 83.7 Å². The molecule has 0 radical (unpaired) electrons. The number of pyridine rings is 1. The third-order valence-electron chi connectivity index (χ3n) is 6.40. The number of β-amino-alcohol motifs (C(OH)–C–C–N with tert-alkyl or cyclic N) is 1. The number of anilines is 1. The average molecular weight is 473 g/mol. The van der Waals surface area contributed by atoms with Crippen molar-refractivity contribution in [2.45, 2.75) is 17.9 Å².